The highest BCUT2D eigenvalue weighted by atomic mass is 35.5. The van der Waals surface area contributed by atoms with Crippen LogP contribution >= 0.6 is 23.4 Å². The molecule has 1 nitrogen and oxygen atoms in total. The molecule has 0 heterocycles. The van der Waals surface area contributed by atoms with Crippen molar-refractivity contribution in [3.63, 3.8) is 0 Å². The number of halogens is 1. The van der Waals surface area contributed by atoms with Gasteiger partial charge in [0.25, 0.3) is 0 Å². The molecule has 2 aromatic carbocycles. The fraction of sp³-hybridized carbons (Fsp3) is 0.211. The van der Waals surface area contributed by atoms with Gasteiger partial charge in [0.15, 0.2) is 5.78 Å². The van der Waals surface area contributed by atoms with Crippen LogP contribution in [0.15, 0.2) is 71.6 Å². The monoisotopic (exact) mass is 328 g/mol. The van der Waals surface area contributed by atoms with Gasteiger partial charge in [-0.1, -0.05) is 54.1 Å². The number of rotatable bonds is 3. The third-order valence-electron chi connectivity index (χ3n) is 3.91. The highest BCUT2D eigenvalue weighted by Crippen LogP contribution is 2.47. The van der Waals surface area contributed by atoms with E-state index in [2.05, 4.69) is 24.3 Å². The quantitative estimate of drug-likeness (QED) is 0.678. The van der Waals surface area contributed by atoms with Gasteiger partial charge in [-0.15, -0.1) is 11.8 Å². The van der Waals surface area contributed by atoms with Crippen molar-refractivity contribution in [3.05, 3.63) is 77.3 Å². The summed E-state index contributed by atoms with van der Waals surface area (Å²) < 4.78 is -0.557. The standard InChI is InChI=1S/C19H17ClOS/c20-16-12-10-15(11-13-16)19(14-6-2-5-9-18(19)21)22-17-7-3-1-4-8-17/h1-4,6-8,10-13H,5,9,14H2. The summed E-state index contributed by atoms with van der Waals surface area (Å²) in [5.41, 5.74) is 1.03. The van der Waals surface area contributed by atoms with Crippen molar-refractivity contribution in [2.45, 2.75) is 28.9 Å². The molecule has 1 aliphatic rings. The van der Waals surface area contributed by atoms with Gasteiger partial charge < -0.3 is 0 Å². The lowest BCUT2D eigenvalue weighted by atomic mass is 9.90. The molecule has 0 spiro atoms. The summed E-state index contributed by atoms with van der Waals surface area (Å²) in [4.78, 5) is 14.0. The molecule has 0 aromatic heterocycles. The van der Waals surface area contributed by atoms with Gasteiger partial charge in [0.1, 0.15) is 4.75 Å². The SMILES string of the molecule is O=C1CCC=CCC1(Sc1ccccc1)c1ccc(Cl)cc1. The van der Waals surface area contributed by atoms with Crippen LogP contribution in [0.25, 0.3) is 0 Å². The minimum atomic E-state index is -0.557. The molecule has 22 heavy (non-hydrogen) atoms. The second-order valence-electron chi connectivity index (χ2n) is 5.39. The van der Waals surface area contributed by atoms with Crippen LogP contribution in [0.5, 0.6) is 0 Å². The summed E-state index contributed by atoms with van der Waals surface area (Å²) in [5, 5.41) is 0.695. The Morgan fingerprint density at radius 1 is 0.955 bits per heavy atom. The lowest BCUT2D eigenvalue weighted by Gasteiger charge is -2.31. The maximum atomic E-state index is 12.9. The molecule has 1 aliphatic carbocycles. The Morgan fingerprint density at radius 3 is 2.41 bits per heavy atom. The van der Waals surface area contributed by atoms with Crippen molar-refractivity contribution < 1.29 is 4.79 Å². The molecule has 0 N–H and O–H groups in total. The second-order valence-corrected chi connectivity index (χ2v) is 7.20. The van der Waals surface area contributed by atoms with Crippen LogP contribution in [0.2, 0.25) is 5.02 Å². The molecule has 0 fully saturated rings. The van der Waals surface area contributed by atoms with Crippen LogP contribution in [-0.4, -0.2) is 5.78 Å². The third-order valence-corrected chi connectivity index (χ3v) is 5.64. The lowest BCUT2D eigenvalue weighted by Crippen LogP contribution is -2.31. The molecule has 0 bridgehead atoms. The van der Waals surface area contributed by atoms with Gasteiger partial charge in [-0.25, -0.2) is 0 Å². The number of allylic oxidation sites excluding steroid dienone is 2. The van der Waals surface area contributed by atoms with Gasteiger partial charge in [-0.05, 0) is 42.7 Å². The molecule has 2 aromatic rings. The van der Waals surface area contributed by atoms with Crippen LogP contribution in [0.1, 0.15) is 24.8 Å². The average Bonchev–Trinajstić information content (AvgIpc) is 2.72. The first-order valence-corrected chi connectivity index (χ1v) is 8.58. The Kier molecular flexibility index (Phi) is 4.70. The zero-order chi connectivity index (χ0) is 15.4. The Balaban J connectivity index is 2.06. The van der Waals surface area contributed by atoms with Crippen LogP contribution < -0.4 is 0 Å². The van der Waals surface area contributed by atoms with Crippen LogP contribution in [0.3, 0.4) is 0 Å². The minimum absolute atomic E-state index is 0.286. The number of thioether (sulfide) groups is 1. The van der Waals surface area contributed by atoms with E-state index in [-0.39, 0.29) is 5.78 Å². The highest BCUT2D eigenvalue weighted by molar-refractivity contribution is 8.01. The Labute approximate surface area is 140 Å². The maximum absolute atomic E-state index is 12.9. The minimum Gasteiger partial charge on any atom is -0.298 e. The van der Waals surface area contributed by atoms with E-state index in [1.165, 1.54) is 0 Å². The first-order valence-electron chi connectivity index (χ1n) is 7.39. The number of hydrogen-bond acceptors (Lipinski definition) is 2. The van der Waals surface area contributed by atoms with Crippen LogP contribution in [0, 0.1) is 0 Å². The van der Waals surface area contributed by atoms with Gasteiger partial charge in [0.2, 0.25) is 0 Å². The molecule has 0 aliphatic heterocycles. The molecule has 112 valence electrons. The zero-order valence-corrected chi connectivity index (χ0v) is 13.7. The molecule has 0 amide bonds. The van der Waals surface area contributed by atoms with E-state index in [9.17, 15) is 4.79 Å². The normalized spacial score (nSPS) is 21.6. The second kappa shape index (κ2) is 6.72. The van der Waals surface area contributed by atoms with Gasteiger partial charge >= 0.3 is 0 Å². The van der Waals surface area contributed by atoms with E-state index in [1.54, 1.807) is 11.8 Å². The summed E-state index contributed by atoms with van der Waals surface area (Å²) >= 11 is 7.67. The van der Waals surface area contributed by atoms with Crippen molar-refractivity contribution >= 4 is 29.1 Å². The summed E-state index contributed by atoms with van der Waals surface area (Å²) in [6.45, 7) is 0. The highest BCUT2D eigenvalue weighted by Gasteiger charge is 2.40. The van der Waals surface area contributed by atoms with Crippen molar-refractivity contribution in [1.29, 1.82) is 0 Å². The lowest BCUT2D eigenvalue weighted by molar-refractivity contribution is -0.121. The van der Waals surface area contributed by atoms with Gasteiger partial charge in [0, 0.05) is 16.3 Å². The average molecular weight is 329 g/mol. The molecule has 1 unspecified atom stereocenters. The Morgan fingerprint density at radius 2 is 1.68 bits per heavy atom. The zero-order valence-electron chi connectivity index (χ0n) is 12.2. The summed E-state index contributed by atoms with van der Waals surface area (Å²) in [5.74, 6) is 0.286. The predicted octanol–water partition coefficient (Wildman–Crippen LogP) is 5.64. The van der Waals surface area contributed by atoms with Gasteiger partial charge in [-0.3, -0.25) is 4.79 Å². The third kappa shape index (κ3) is 3.13. The number of benzene rings is 2. The van der Waals surface area contributed by atoms with Gasteiger partial charge in [0.05, 0.1) is 0 Å². The van der Waals surface area contributed by atoms with Crippen molar-refractivity contribution in [1.82, 2.24) is 0 Å². The molecular formula is C19H17ClOS. The molecule has 0 radical (unpaired) electrons. The van der Waals surface area contributed by atoms with E-state index in [4.69, 9.17) is 11.6 Å². The van der Waals surface area contributed by atoms with Crippen molar-refractivity contribution in [3.8, 4) is 0 Å². The van der Waals surface area contributed by atoms with E-state index < -0.39 is 4.75 Å². The molecule has 0 saturated carbocycles. The fourth-order valence-electron chi connectivity index (χ4n) is 2.74. The summed E-state index contributed by atoms with van der Waals surface area (Å²) in [6, 6.07) is 17.8. The van der Waals surface area contributed by atoms with E-state index in [0.29, 0.717) is 17.9 Å². The van der Waals surface area contributed by atoms with Crippen molar-refractivity contribution in [2.24, 2.45) is 0 Å². The molecular weight excluding hydrogens is 312 g/mol. The predicted molar refractivity (Wildman–Crippen MR) is 93.4 cm³/mol. The first-order chi connectivity index (χ1) is 10.7. The smallest absolute Gasteiger partial charge is 0.154 e. The van der Waals surface area contributed by atoms with E-state index in [0.717, 1.165) is 16.9 Å². The maximum Gasteiger partial charge on any atom is 0.154 e. The molecule has 3 heteroatoms. The number of carbonyl (C=O) groups excluding carboxylic acids is 1. The van der Waals surface area contributed by atoms with Crippen molar-refractivity contribution in [2.75, 3.05) is 0 Å². The fourth-order valence-corrected chi connectivity index (χ4v) is 4.21. The number of Topliss-reactive ketones (excluding diaryl/α,β-unsaturated/α-hetero) is 1. The molecule has 3 rings (SSSR count). The van der Waals surface area contributed by atoms with Gasteiger partial charge in [-0.2, -0.15) is 0 Å². The summed E-state index contributed by atoms with van der Waals surface area (Å²) in [6.07, 6.45) is 6.37. The topological polar surface area (TPSA) is 17.1 Å². The van der Waals surface area contributed by atoms with E-state index in [1.807, 2.05) is 42.5 Å². The Bertz CT molecular complexity index is 678. The largest absolute Gasteiger partial charge is 0.298 e. The number of hydrogen-bond donors (Lipinski definition) is 0. The Hall–Kier alpha value is -1.51. The summed E-state index contributed by atoms with van der Waals surface area (Å²) in [7, 11) is 0. The van der Waals surface area contributed by atoms with Crippen LogP contribution in [0.4, 0.5) is 0 Å². The first kappa shape index (κ1) is 15.4. The molecule has 1 atom stereocenters. The number of carbonyl (C=O) groups is 1. The molecule has 0 saturated heterocycles. The van der Waals surface area contributed by atoms with E-state index >= 15 is 0 Å². The number of ketones is 1. The van der Waals surface area contributed by atoms with Crippen LogP contribution in [-0.2, 0) is 9.54 Å².